The number of benzene rings is 9. The quantitative estimate of drug-likeness (QED) is 0.157. The molecule has 0 radical (unpaired) electrons. The van der Waals surface area contributed by atoms with Gasteiger partial charge in [0.25, 0.3) is 0 Å². The van der Waals surface area contributed by atoms with Crippen molar-refractivity contribution in [1.82, 2.24) is 4.57 Å². The minimum atomic E-state index is -0.335. The third kappa shape index (κ3) is 6.35. The fourth-order valence-corrected chi connectivity index (χ4v) is 9.42. The van der Waals surface area contributed by atoms with Gasteiger partial charge in [0.2, 0.25) is 0 Å². The van der Waals surface area contributed by atoms with Gasteiger partial charge in [-0.2, -0.15) is 0 Å². The Hall–Kier alpha value is -6.96. The predicted octanol–water partition coefficient (Wildman–Crippen LogP) is 15.6. The molecule has 2 aliphatic carbocycles. The Bertz CT molecular complexity index is 3010. The van der Waals surface area contributed by atoms with Crippen LogP contribution < -0.4 is 0 Å². The first kappa shape index (κ1) is 37.6. The van der Waals surface area contributed by atoms with Crippen molar-refractivity contribution in [3.8, 4) is 27.9 Å². The third-order valence-corrected chi connectivity index (χ3v) is 11.9. The molecule has 1 nitrogen and oxygen atoms in total. The number of aromatic nitrogens is 1. The van der Waals surface area contributed by atoms with E-state index in [-0.39, 0.29) is 5.41 Å². The zero-order valence-electron chi connectivity index (χ0n) is 34.6. The number of hydrogen-bond donors (Lipinski definition) is 0. The molecule has 1 heterocycles. The highest BCUT2D eigenvalue weighted by Gasteiger charge is 2.51. The standard InChI is InChI=1S/C38H25N.C11H10.C7H8.C2H6/c1-24-18-20-28-29-21-19-25(39-36-16-8-4-12-30(36)31-13-5-9-17-37(31)39)23-35(29)38(34(28)22-24)32-14-6-2-10-26(32)27-11-3-7-15-33(27)38;1-9-6-7-10-4-2-3-5-11(10)8-9;1-7-5-3-2-4-6-7;1-2/h2-23H,1H3;2-8H,1H3;2-6H,1H3;1-2H3. The predicted molar refractivity (Wildman–Crippen MR) is 253 cm³/mol. The monoisotopic (exact) mass is 759 g/mol. The van der Waals surface area contributed by atoms with Crippen molar-refractivity contribution in [1.29, 1.82) is 0 Å². The van der Waals surface area contributed by atoms with Gasteiger partial charge in [-0.05, 0) is 100 Å². The lowest BCUT2D eigenvalue weighted by molar-refractivity contribution is 0.791. The van der Waals surface area contributed by atoms with Crippen LogP contribution in [0.2, 0.25) is 0 Å². The molecule has 0 unspecified atom stereocenters. The topological polar surface area (TPSA) is 4.93 Å². The minimum Gasteiger partial charge on any atom is -0.309 e. The fraction of sp³-hybridized carbons (Fsp3) is 0.103. The van der Waals surface area contributed by atoms with Crippen LogP contribution in [0.3, 0.4) is 0 Å². The highest BCUT2D eigenvalue weighted by molar-refractivity contribution is 6.09. The van der Waals surface area contributed by atoms with Crippen molar-refractivity contribution in [3.05, 3.63) is 245 Å². The summed E-state index contributed by atoms with van der Waals surface area (Å²) in [6, 6.07) is 75.0. The van der Waals surface area contributed by atoms with E-state index in [0.29, 0.717) is 0 Å². The molecule has 0 aliphatic heterocycles. The second kappa shape index (κ2) is 15.8. The van der Waals surface area contributed by atoms with Gasteiger partial charge in [0.1, 0.15) is 0 Å². The molecule has 0 bridgehead atoms. The molecule has 12 rings (SSSR count). The van der Waals surface area contributed by atoms with Crippen molar-refractivity contribution >= 4 is 32.6 Å². The van der Waals surface area contributed by atoms with Gasteiger partial charge in [-0.15, -0.1) is 0 Å². The fourth-order valence-electron chi connectivity index (χ4n) is 9.42. The maximum Gasteiger partial charge on any atom is 0.0726 e. The Morgan fingerprint density at radius 1 is 0.322 bits per heavy atom. The van der Waals surface area contributed by atoms with E-state index in [0.717, 1.165) is 0 Å². The van der Waals surface area contributed by atoms with Gasteiger partial charge < -0.3 is 4.57 Å². The molecule has 9 aromatic carbocycles. The van der Waals surface area contributed by atoms with Gasteiger partial charge in [-0.3, -0.25) is 0 Å². The average Bonchev–Trinajstić information content (AvgIpc) is 3.89. The molecule has 59 heavy (non-hydrogen) atoms. The number of rotatable bonds is 1. The van der Waals surface area contributed by atoms with Crippen LogP contribution in [0.4, 0.5) is 0 Å². The van der Waals surface area contributed by atoms with E-state index in [9.17, 15) is 0 Å². The number of para-hydroxylation sites is 2. The van der Waals surface area contributed by atoms with E-state index in [4.69, 9.17) is 0 Å². The molecule has 0 N–H and O–H groups in total. The van der Waals surface area contributed by atoms with Gasteiger partial charge in [-0.1, -0.05) is 213 Å². The van der Waals surface area contributed by atoms with Crippen LogP contribution in [0.15, 0.2) is 206 Å². The van der Waals surface area contributed by atoms with E-state index >= 15 is 0 Å². The van der Waals surface area contributed by atoms with Gasteiger partial charge >= 0.3 is 0 Å². The lowest BCUT2D eigenvalue weighted by Crippen LogP contribution is -2.26. The molecule has 0 atom stereocenters. The molecule has 0 fully saturated rings. The Balaban J connectivity index is 0.000000184. The van der Waals surface area contributed by atoms with Crippen LogP contribution >= 0.6 is 0 Å². The largest absolute Gasteiger partial charge is 0.309 e. The highest BCUT2D eigenvalue weighted by Crippen LogP contribution is 2.63. The molecule has 0 saturated heterocycles. The number of hydrogen-bond acceptors (Lipinski definition) is 0. The van der Waals surface area contributed by atoms with Crippen molar-refractivity contribution in [2.45, 2.75) is 40.0 Å². The Morgan fingerprint density at radius 2 is 0.780 bits per heavy atom. The van der Waals surface area contributed by atoms with E-state index in [2.05, 4.69) is 213 Å². The van der Waals surface area contributed by atoms with E-state index in [1.165, 1.54) is 99.5 Å². The lowest BCUT2D eigenvalue weighted by atomic mass is 9.70. The molecule has 1 heteroatoms. The third-order valence-electron chi connectivity index (χ3n) is 11.9. The lowest BCUT2D eigenvalue weighted by Gasteiger charge is -2.31. The molecular weight excluding hydrogens is 711 g/mol. The van der Waals surface area contributed by atoms with Crippen LogP contribution in [0.1, 0.15) is 52.8 Å². The Labute approximate surface area is 348 Å². The molecule has 0 amide bonds. The summed E-state index contributed by atoms with van der Waals surface area (Å²) in [5.41, 5.74) is 18.2. The van der Waals surface area contributed by atoms with Crippen LogP contribution in [-0.4, -0.2) is 4.57 Å². The van der Waals surface area contributed by atoms with Crippen LogP contribution in [0.5, 0.6) is 0 Å². The second-order valence-electron chi connectivity index (χ2n) is 15.5. The Morgan fingerprint density at radius 3 is 1.39 bits per heavy atom. The zero-order valence-corrected chi connectivity index (χ0v) is 34.6. The van der Waals surface area contributed by atoms with Crippen molar-refractivity contribution in [2.24, 2.45) is 0 Å². The van der Waals surface area contributed by atoms with Gasteiger partial charge in [0, 0.05) is 16.5 Å². The Kier molecular flexibility index (Phi) is 10.0. The van der Waals surface area contributed by atoms with Crippen LogP contribution in [-0.2, 0) is 5.41 Å². The minimum absolute atomic E-state index is 0.335. The van der Waals surface area contributed by atoms with Crippen LogP contribution in [0, 0.1) is 20.8 Å². The maximum atomic E-state index is 2.47. The number of aryl methyl sites for hydroxylation is 3. The van der Waals surface area contributed by atoms with E-state index < -0.39 is 0 Å². The first-order valence-corrected chi connectivity index (χ1v) is 20.9. The van der Waals surface area contributed by atoms with Crippen molar-refractivity contribution in [2.75, 3.05) is 0 Å². The second-order valence-corrected chi connectivity index (χ2v) is 15.5. The molecular formula is C58H49N. The summed E-state index contributed by atoms with van der Waals surface area (Å²) < 4.78 is 2.44. The number of fused-ring (bicyclic) bond motifs is 14. The summed E-state index contributed by atoms with van der Waals surface area (Å²) in [4.78, 5) is 0. The molecule has 10 aromatic rings. The summed E-state index contributed by atoms with van der Waals surface area (Å²) in [6.07, 6.45) is 0. The number of nitrogens with zero attached hydrogens (tertiary/aromatic N) is 1. The SMILES string of the molecule is CC.Cc1ccc2c(c1)C1(c3ccccc3-c3ccccc31)c1cc(-n3c4ccccc4c4ccccc43)ccc1-2.Cc1ccc2ccccc2c1.Cc1ccccc1. The normalized spacial score (nSPS) is 12.3. The molecule has 286 valence electrons. The van der Waals surface area contributed by atoms with Gasteiger partial charge in [-0.25, -0.2) is 0 Å². The zero-order chi connectivity index (χ0) is 40.5. The van der Waals surface area contributed by atoms with E-state index in [1.54, 1.807) is 0 Å². The average molecular weight is 760 g/mol. The summed E-state index contributed by atoms with van der Waals surface area (Å²) in [7, 11) is 0. The first-order chi connectivity index (χ1) is 29.0. The highest BCUT2D eigenvalue weighted by atomic mass is 15.0. The molecule has 2 aliphatic rings. The summed E-state index contributed by atoms with van der Waals surface area (Å²) in [5.74, 6) is 0. The molecule has 1 spiro atoms. The smallest absolute Gasteiger partial charge is 0.0726 e. The summed E-state index contributed by atoms with van der Waals surface area (Å²) in [5, 5.41) is 5.23. The maximum absolute atomic E-state index is 2.47. The molecule has 1 aromatic heterocycles. The summed E-state index contributed by atoms with van der Waals surface area (Å²) in [6.45, 7) is 10.4. The van der Waals surface area contributed by atoms with Crippen LogP contribution in [0.25, 0.3) is 60.5 Å². The first-order valence-electron chi connectivity index (χ1n) is 20.9. The van der Waals surface area contributed by atoms with Gasteiger partial charge in [0.15, 0.2) is 0 Å². The van der Waals surface area contributed by atoms with E-state index in [1.807, 2.05) is 32.0 Å². The summed E-state index contributed by atoms with van der Waals surface area (Å²) >= 11 is 0. The van der Waals surface area contributed by atoms with Crippen molar-refractivity contribution in [3.63, 3.8) is 0 Å². The van der Waals surface area contributed by atoms with Crippen molar-refractivity contribution < 1.29 is 0 Å². The van der Waals surface area contributed by atoms with Gasteiger partial charge in [0.05, 0.1) is 16.4 Å². The molecule has 0 saturated carbocycles.